The molecule has 0 unspecified atom stereocenters. The third-order valence-corrected chi connectivity index (χ3v) is 1.45. The van der Waals surface area contributed by atoms with Crippen LogP contribution in [0.1, 0.15) is 20.8 Å². The van der Waals surface area contributed by atoms with Crippen LogP contribution in [0.5, 0.6) is 0 Å². The molecule has 98 valence electrons. The van der Waals surface area contributed by atoms with Crippen LogP contribution < -0.4 is 16.8 Å². The highest BCUT2D eigenvalue weighted by molar-refractivity contribution is 5.81. The Bertz CT molecular complexity index is 317. The molecule has 0 bridgehead atoms. The molecule has 8 nitrogen and oxygen atoms in total. The lowest BCUT2D eigenvalue weighted by atomic mass is 10.2. The Morgan fingerprint density at radius 3 is 2.29 bits per heavy atom. The molecule has 0 aromatic heterocycles. The van der Waals surface area contributed by atoms with Gasteiger partial charge in [-0.15, -0.1) is 0 Å². The average molecular weight is 246 g/mol. The predicted octanol–water partition coefficient (Wildman–Crippen LogP) is -0.762. The Morgan fingerprint density at radius 1 is 1.41 bits per heavy atom. The third kappa shape index (κ3) is 7.88. The lowest BCUT2D eigenvalue weighted by Crippen LogP contribution is -2.45. The largest absolute Gasteiger partial charge is 0.480 e. The van der Waals surface area contributed by atoms with Gasteiger partial charge in [-0.2, -0.15) is 0 Å². The molecular weight excluding hydrogens is 228 g/mol. The van der Waals surface area contributed by atoms with Gasteiger partial charge in [-0.05, 0) is 20.8 Å². The number of nitrogens with two attached hydrogens (primary N) is 2. The van der Waals surface area contributed by atoms with Crippen molar-refractivity contribution in [1.82, 2.24) is 5.32 Å². The summed E-state index contributed by atoms with van der Waals surface area (Å²) in [6, 6.07) is -1.23. The van der Waals surface area contributed by atoms with Gasteiger partial charge in [0.15, 0.2) is 5.96 Å². The minimum absolute atomic E-state index is 0.248. The van der Waals surface area contributed by atoms with Crippen molar-refractivity contribution in [3.8, 4) is 0 Å². The van der Waals surface area contributed by atoms with E-state index in [4.69, 9.17) is 21.3 Å². The first-order valence-electron chi connectivity index (χ1n) is 4.89. The quantitative estimate of drug-likeness (QED) is 0.379. The molecular formula is C9H18N4O4. The summed E-state index contributed by atoms with van der Waals surface area (Å²) in [6.45, 7) is 4.74. The number of amides is 1. The number of hydrogen-bond donors (Lipinski definition) is 4. The number of ether oxygens (including phenoxy) is 1. The van der Waals surface area contributed by atoms with E-state index >= 15 is 0 Å². The number of carboxylic acids is 1. The first-order valence-corrected chi connectivity index (χ1v) is 4.89. The van der Waals surface area contributed by atoms with Crippen molar-refractivity contribution < 1.29 is 19.4 Å². The van der Waals surface area contributed by atoms with Gasteiger partial charge in [0, 0.05) is 0 Å². The molecule has 0 aromatic carbocycles. The molecule has 0 rings (SSSR count). The molecule has 8 heteroatoms. The number of guanidine groups is 1. The summed E-state index contributed by atoms with van der Waals surface area (Å²) >= 11 is 0. The predicted molar refractivity (Wildman–Crippen MR) is 61.5 cm³/mol. The van der Waals surface area contributed by atoms with E-state index in [1.54, 1.807) is 20.8 Å². The molecule has 0 aliphatic carbocycles. The summed E-state index contributed by atoms with van der Waals surface area (Å²) in [5, 5.41) is 11.0. The molecule has 0 heterocycles. The monoisotopic (exact) mass is 246 g/mol. The Hall–Kier alpha value is -1.99. The fourth-order valence-electron chi connectivity index (χ4n) is 0.832. The second-order valence-corrected chi connectivity index (χ2v) is 4.30. The van der Waals surface area contributed by atoms with Crippen LogP contribution >= 0.6 is 0 Å². The maximum absolute atomic E-state index is 11.3. The molecule has 0 aliphatic rings. The van der Waals surface area contributed by atoms with Crippen molar-refractivity contribution in [3.63, 3.8) is 0 Å². The van der Waals surface area contributed by atoms with Crippen molar-refractivity contribution in [3.05, 3.63) is 0 Å². The molecule has 0 spiro atoms. The van der Waals surface area contributed by atoms with E-state index in [1.165, 1.54) is 0 Å². The smallest absolute Gasteiger partial charge is 0.408 e. The van der Waals surface area contributed by atoms with Crippen LogP contribution in [-0.2, 0) is 9.53 Å². The lowest BCUT2D eigenvalue weighted by molar-refractivity contribution is -0.139. The van der Waals surface area contributed by atoms with Crippen molar-refractivity contribution in [2.75, 3.05) is 6.54 Å². The van der Waals surface area contributed by atoms with Crippen molar-refractivity contribution in [2.45, 2.75) is 32.4 Å². The molecule has 17 heavy (non-hydrogen) atoms. The second kappa shape index (κ2) is 5.92. The molecule has 0 radical (unpaired) electrons. The second-order valence-electron chi connectivity index (χ2n) is 4.30. The highest BCUT2D eigenvalue weighted by atomic mass is 16.6. The van der Waals surface area contributed by atoms with Crippen LogP contribution in [0, 0.1) is 0 Å². The van der Waals surface area contributed by atoms with Gasteiger partial charge in [0.05, 0.1) is 6.54 Å². The normalized spacial score (nSPS) is 12.4. The zero-order valence-electron chi connectivity index (χ0n) is 10.1. The van der Waals surface area contributed by atoms with E-state index in [0.29, 0.717) is 0 Å². The van der Waals surface area contributed by atoms with E-state index in [1.807, 2.05) is 0 Å². The highest BCUT2D eigenvalue weighted by Gasteiger charge is 2.23. The minimum atomic E-state index is -1.25. The van der Waals surface area contributed by atoms with Gasteiger partial charge < -0.3 is 26.6 Å². The summed E-state index contributed by atoms with van der Waals surface area (Å²) in [6.07, 6.45) is -0.837. The third-order valence-electron chi connectivity index (χ3n) is 1.45. The molecule has 6 N–H and O–H groups in total. The van der Waals surface area contributed by atoms with Crippen LogP contribution in [-0.4, -0.2) is 41.3 Å². The van der Waals surface area contributed by atoms with Gasteiger partial charge in [-0.3, -0.25) is 4.99 Å². The van der Waals surface area contributed by atoms with E-state index in [-0.39, 0.29) is 12.5 Å². The molecule has 0 fully saturated rings. The molecule has 0 aromatic rings. The average Bonchev–Trinajstić information content (AvgIpc) is 2.08. The molecule has 0 saturated heterocycles. The molecule has 1 atom stereocenters. The Labute approximate surface area is 99.0 Å². The van der Waals surface area contributed by atoms with Crippen LogP contribution in [0.25, 0.3) is 0 Å². The standard InChI is InChI=1S/C9H18N4O4/c1-9(2,3)17-8(16)13-5(6(14)15)4-12-7(10)11/h5H,4H2,1-3H3,(H,13,16)(H,14,15)(H4,10,11,12)/t5-/m0/s1. The minimum Gasteiger partial charge on any atom is -0.480 e. The number of aliphatic imine (C=N–C) groups is 1. The maximum atomic E-state index is 11.3. The zero-order chi connectivity index (χ0) is 13.6. The van der Waals surface area contributed by atoms with E-state index in [9.17, 15) is 9.59 Å². The number of nitrogens with zero attached hydrogens (tertiary/aromatic N) is 1. The summed E-state index contributed by atoms with van der Waals surface area (Å²) in [7, 11) is 0. The van der Waals surface area contributed by atoms with Gasteiger partial charge >= 0.3 is 12.1 Å². The molecule has 1 amide bonds. The summed E-state index contributed by atoms with van der Waals surface area (Å²) in [4.78, 5) is 25.6. The molecule has 0 aliphatic heterocycles. The van der Waals surface area contributed by atoms with Crippen LogP contribution in [0.2, 0.25) is 0 Å². The van der Waals surface area contributed by atoms with Gasteiger partial charge in [-0.25, -0.2) is 9.59 Å². The summed E-state index contributed by atoms with van der Waals surface area (Å²) in [5.74, 6) is -1.50. The summed E-state index contributed by atoms with van der Waals surface area (Å²) in [5.41, 5.74) is 9.42. The highest BCUT2D eigenvalue weighted by Crippen LogP contribution is 2.06. The topological polar surface area (TPSA) is 140 Å². The van der Waals surface area contributed by atoms with Gasteiger partial charge in [-0.1, -0.05) is 0 Å². The van der Waals surface area contributed by atoms with Crippen molar-refractivity contribution in [2.24, 2.45) is 16.5 Å². The first kappa shape index (κ1) is 15.0. The van der Waals surface area contributed by atoms with E-state index in [2.05, 4.69) is 10.3 Å². The van der Waals surface area contributed by atoms with Gasteiger partial charge in [0.2, 0.25) is 0 Å². The number of carboxylic acid groups (broad SMARTS) is 1. The maximum Gasteiger partial charge on any atom is 0.408 e. The number of hydrogen-bond acceptors (Lipinski definition) is 4. The van der Waals surface area contributed by atoms with Crippen LogP contribution in [0.4, 0.5) is 4.79 Å². The summed E-state index contributed by atoms with van der Waals surface area (Å²) < 4.78 is 4.90. The fraction of sp³-hybridized carbons (Fsp3) is 0.667. The van der Waals surface area contributed by atoms with Crippen molar-refractivity contribution >= 4 is 18.0 Å². The molecule has 0 saturated carbocycles. The van der Waals surface area contributed by atoms with Gasteiger partial charge in [0.25, 0.3) is 0 Å². The Kier molecular flexibility index (Phi) is 5.23. The number of carbonyl (C=O) groups is 2. The number of rotatable bonds is 4. The fourth-order valence-corrected chi connectivity index (χ4v) is 0.832. The number of carbonyl (C=O) groups excluding carboxylic acids is 1. The number of alkyl carbamates (subject to hydrolysis) is 1. The van der Waals surface area contributed by atoms with Crippen LogP contribution in [0.15, 0.2) is 4.99 Å². The number of nitrogens with one attached hydrogen (secondary N) is 1. The first-order chi connectivity index (χ1) is 7.61. The number of aliphatic carboxylic acids is 1. The zero-order valence-corrected chi connectivity index (χ0v) is 10.1. The Balaban J connectivity index is 4.41. The lowest BCUT2D eigenvalue weighted by Gasteiger charge is -2.21. The van der Waals surface area contributed by atoms with Gasteiger partial charge in [0.1, 0.15) is 11.6 Å². The van der Waals surface area contributed by atoms with E-state index < -0.39 is 23.7 Å². The van der Waals surface area contributed by atoms with E-state index in [0.717, 1.165) is 0 Å². The van der Waals surface area contributed by atoms with Crippen LogP contribution in [0.3, 0.4) is 0 Å². The SMILES string of the molecule is CC(C)(C)OC(=O)N[C@@H](CN=C(N)N)C(=O)O. The van der Waals surface area contributed by atoms with Crippen molar-refractivity contribution in [1.29, 1.82) is 0 Å². The Morgan fingerprint density at radius 2 is 1.94 bits per heavy atom.